The summed E-state index contributed by atoms with van der Waals surface area (Å²) in [4.78, 5) is 21.5. The van der Waals surface area contributed by atoms with Crippen LogP contribution in [0, 0.1) is 0 Å². The van der Waals surface area contributed by atoms with E-state index >= 15 is 0 Å². The summed E-state index contributed by atoms with van der Waals surface area (Å²) in [5.74, 6) is -1.08. The molecule has 1 amide bonds. The first-order chi connectivity index (χ1) is 8.45. The van der Waals surface area contributed by atoms with E-state index in [0.29, 0.717) is 11.3 Å². The van der Waals surface area contributed by atoms with Crippen molar-refractivity contribution in [3.8, 4) is 0 Å². The van der Waals surface area contributed by atoms with E-state index in [0.717, 1.165) is 0 Å². The minimum absolute atomic E-state index is 0.197. The first kappa shape index (κ1) is 15.1. The topological polar surface area (TPSA) is 55.4 Å². The molecule has 7 heteroatoms. The molecule has 0 radical (unpaired) electrons. The predicted molar refractivity (Wildman–Crippen MR) is 71.5 cm³/mol. The number of carbonyl (C=O) groups is 2. The zero-order valence-electron chi connectivity index (χ0n) is 9.38. The van der Waals surface area contributed by atoms with Gasteiger partial charge in [0.05, 0.1) is 22.9 Å². The first-order valence-electron chi connectivity index (χ1n) is 5.01. The molecule has 1 aromatic carbocycles. The van der Waals surface area contributed by atoms with E-state index in [1.54, 1.807) is 6.92 Å². The number of hydrogen-bond acceptors (Lipinski definition) is 3. The minimum Gasteiger partial charge on any atom is -0.462 e. The zero-order valence-corrected chi connectivity index (χ0v) is 11.6. The van der Waals surface area contributed by atoms with Crippen molar-refractivity contribution in [3.05, 3.63) is 28.8 Å². The lowest BCUT2D eigenvalue weighted by Gasteiger charge is -2.09. The molecule has 0 aromatic heterocycles. The Morgan fingerprint density at radius 3 is 2.56 bits per heavy atom. The van der Waals surface area contributed by atoms with Crippen molar-refractivity contribution in [1.82, 2.24) is 0 Å². The zero-order chi connectivity index (χ0) is 13.7. The number of carbonyl (C=O) groups excluding carboxylic acids is 2. The highest BCUT2D eigenvalue weighted by Crippen LogP contribution is 2.24. The summed E-state index contributed by atoms with van der Waals surface area (Å²) in [6.45, 7) is 1.98. The van der Waals surface area contributed by atoms with Crippen molar-refractivity contribution in [2.75, 3.05) is 11.9 Å². The maximum absolute atomic E-state index is 11.4. The van der Waals surface area contributed by atoms with Gasteiger partial charge in [0.25, 0.3) is 5.91 Å². The molecule has 0 saturated carbocycles. The molecule has 18 heavy (non-hydrogen) atoms. The SMILES string of the molecule is CCOC(=O)c1ccc(NC(=O)C(Cl)Cl)c(Cl)c1. The van der Waals surface area contributed by atoms with Crippen LogP contribution in [-0.4, -0.2) is 23.3 Å². The smallest absolute Gasteiger partial charge is 0.338 e. The van der Waals surface area contributed by atoms with Crippen LogP contribution < -0.4 is 5.32 Å². The van der Waals surface area contributed by atoms with E-state index in [1.807, 2.05) is 0 Å². The highest BCUT2D eigenvalue weighted by atomic mass is 35.5. The normalized spacial score (nSPS) is 10.3. The van der Waals surface area contributed by atoms with Gasteiger partial charge in [0, 0.05) is 0 Å². The molecular formula is C11H10Cl3NO3. The molecule has 0 aliphatic rings. The third-order valence-corrected chi connectivity index (χ3v) is 2.65. The fraction of sp³-hybridized carbons (Fsp3) is 0.273. The predicted octanol–water partition coefficient (Wildman–Crippen LogP) is 3.26. The number of amides is 1. The lowest BCUT2D eigenvalue weighted by Crippen LogP contribution is -2.18. The second-order valence-electron chi connectivity index (χ2n) is 3.21. The summed E-state index contributed by atoms with van der Waals surface area (Å²) < 4.78 is 4.81. The van der Waals surface area contributed by atoms with Crippen molar-refractivity contribution >= 4 is 52.4 Å². The summed E-state index contributed by atoms with van der Waals surface area (Å²) >= 11 is 16.7. The van der Waals surface area contributed by atoms with E-state index in [9.17, 15) is 9.59 Å². The van der Waals surface area contributed by atoms with E-state index in [4.69, 9.17) is 39.5 Å². The van der Waals surface area contributed by atoms with E-state index in [2.05, 4.69) is 5.32 Å². The Kier molecular flexibility index (Phi) is 5.72. The van der Waals surface area contributed by atoms with Crippen LogP contribution in [0.15, 0.2) is 18.2 Å². The van der Waals surface area contributed by atoms with Crippen LogP contribution in [0.25, 0.3) is 0 Å². The van der Waals surface area contributed by atoms with Crippen LogP contribution in [0.2, 0.25) is 5.02 Å². The van der Waals surface area contributed by atoms with Gasteiger partial charge in [0.1, 0.15) is 0 Å². The van der Waals surface area contributed by atoms with Crippen molar-refractivity contribution in [2.45, 2.75) is 11.8 Å². The Morgan fingerprint density at radius 2 is 2.06 bits per heavy atom. The molecule has 98 valence electrons. The lowest BCUT2D eigenvalue weighted by atomic mass is 10.2. The maximum Gasteiger partial charge on any atom is 0.338 e. The number of halogens is 3. The van der Waals surface area contributed by atoms with Crippen LogP contribution in [0.1, 0.15) is 17.3 Å². The quantitative estimate of drug-likeness (QED) is 0.686. The van der Waals surface area contributed by atoms with Gasteiger partial charge in [-0.15, -0.1) is 0 Å². The highest BCUT2D eigenvalue weighted by Gasteiger charge is 2.14. The molecule has 0 aliphatic heterocycles. The molecule has 0 aliphatic carbocycles. The Balaban J connectivity index is 2.86. The standard InChI is InChI=1S/C11H10Cl3NO3/c1-2-18-11(17)6-3-4-8(7(12)5-6)15-10(16)9(13)14/h3-5,9H,2H2,1H3,(H,15,16). The summed E-state index contributed by atoms with van der Waals surface area (Å²) in [7, 11) is 0. The van der Waals surface area contributed by atoms with Gasteiger partial charge in [-0.3, -0.25) is 4.79 Å². The number of ether oxygens (including phenoxy) is 1. The Morgan fingerprint density at radius 1 is 1.39 bits per heavy atom. The Labute approximate surface area is 119 Å². The average Bonchev–Trinajstić information content (AvgIpc) is 2.31. The molecule has 0 saturated heterocycles. The fourth-order valence-electron chi connectivity index (χ4n) is 1.15. The summed E-state index contributed by atoms with van der Waals surface area (Å²) in [6.07, 6.45) is 0. The molecule has 4 nitrogen and oxygen atoms in total. The molecule has 0 spiro atoms. The number of anilines is 1. The fourth-order valence-corrected chi connectivity index (χ4v) is 1.48. The van der Waals surface area contributed by atoms with Gasteiger partial charge >= 0.3 is 5.97 Å². The summed E-state index contributed by atoms with van der Waals surface area (Å²) in [6, 6.07) is 4.35. The van der Waals surface area contributed by atoms with Crippen molar-refractivity contribution in [3.63, 3.8) is 0 Å². The Hall–Kier alpha value is -0.970. The second kappa shape index (κ2) is 6.83. The monoisotopic (exact) mass is 309 g/mol. The van der Waals surface area contributed by atoms with Gasteiger partial charge in [-0.05, 0) is 25.1 Å². The number of nitrogens with one attached hydrogen (secondary N) is 1. The molecular weight excluding hydrogens is 300 g/mol. The third kappa shape index (κ3) is 4.05. The molecule has 0 fully saturated rings. The lowest BCUT2D eigenvalue weighted by molar-refractivity contribution is -0.114. The molecule has 1 aromatic rings. The van der Waals surface area contributed by atoms with Crippen LogP contribution >= 0.6 is 34.8 Å². The molecule has 0 heterocycles. The number of alkyl halides is 2. The first-order valence-corrected chi connectivity index (χ1v) is 6.26. The number of rotatable bonds is 4. The molecule has 1 N–H and O–H groups in total. The second-order valence-corrected chi connectivity index (χ2v) is 4.71. The largest absolute Gasteiger partial charge is 0.462 e. The van der Waals surface area contributed by atoms with Crippen molar-refractivity contribution < 1.29 is 14.3 Å². The van der Waals surface area contributed by atoms with E-state index in [1.165, 1.54) is 18.2 Å². The van der Waals surface area contributed by atoms with Crippen LogP contribution in [-0.2, 0) is 9.53 Å². The molecule has 0 bridgehead atoms. The molecule has 0 atom stereocenters. The maximum atomic E-state index is 11.4. The van der Waals surface area contributed by atoms with Crippen LogP contribution in [0.4, 0.5) is 5.69 Å². The average molecular weight is 311 g/mol. The van der Waals surface area contributed by atoms with E-state index in [-0.39, 0.29) is 11.6 Å². The van der Waals surface area contributed by atoms with Gasteiger partial charge in [0.2, 0.25) is 0 Å². The van der Waals surface area contributed by atoms with Gasteiger partial charge in [-0.25, -0.2) is 4.79 Å². The van der Waals surface area contributed by atoms with Crippen molar-refractivity contribution in [2.24, 2.45) is 0 Å². The van der Waals surface area contributed by atoms with Crippen LogP contribution in [0.5, 0.6) is 0 Å². The molecule has 1 rings (SSSR count). The number of benzene rings is 1. The van der Waals surface area contributed by atoms with Gasteiger partial charge in [0.15, 0.2) is 4.84 Å². The molecule has 0 unspecified atom stereocenters. The van der Waals surface area contributed by atoms with Crippen LogP contribution in [0.3, 0.4) is 0 Å². The Bertz CT molecular complexity index is 463. The number of esters is 1. The van der Waals surface area contributed by atoms with E-state index < -0.39 is 16.7 Å². The number of hydrogen-bond donors (Lipinski definition) is 1. The summed E-state index contributed by atoms with van der Waals surface area (Å²) in [5, 5.41) is 2.62. The highest BCUT2D eigenvalue weighted by molar-refractivity contribution is 6.54. The van der Waals surface area contributed by atoms with Crippen molar-refractivity contribution in [1.29, 1.82) is 0 Å². The summed E-state index contributed by atoms with van der Waals surface area (Å²) in [5.41, 5.74) is 0.620. The third-order valence-electron chi connectivity index (χ3n) is 1.94. The van der Waals surface area contributed by atoms with Gasteiger partial charge < -0.3 is 10.1 Å². The van der Waals surface area contributed by atoms with Gasteiger partial charge in [-0.2, -0.15) is 0 Å². The minimum atomic E-state index is -1.19. The van der Waals surface area contributed by atoms with Gasteiger partial charge in [-0.1, -0.05) is 34.8 Å².